The molecule has 0 radical (unpaired) electrons. The van der Waals surface area contributed by atoms with E-state index in [0.29, 0.717) is 0 Å². The smallest absolute Gasteiger partial charge is 0.248 e. The number of anilines is 1. The van der Waals surface area contributed by atoms with E-state index in [1.165, 1.54) is 17.9 Å². The van der Waals surface area contributed by atoms with Crippen molar-refractivity contribution in [1.82, 2.24) is 0 Å². The van der Waals surface area contributed by atoms with Crippen LogP contribution in [0.1, 0.15) is 13.3 Å². The van der Waals surface area contributed by atoms with E-state index >= 15 is 0 Å². The Morgan fingerprint density at radius 2 is 1.93 bits per heavy atom. The maximum absolute atomic E-state index is 5.88. The Hall–Kier alpha value is -1.02. The minimum absolute atomic E-state index is 0.793. The Kier molecular flexibility index (Phi) is 2.96. The van der Waals surface area contributed by atoms with Gasteiger partial charge in [0.05, 0.1) is 20.1 Å². The lowest BCUT2D eigenvalue weighted by Crippen LogP contribution is -2.41. The van der Waals surface area contributed by atoms with Crippen LogP contribution < -0.4 is 4.90 Å². The van der Waals surface area contributed by atoms with Gasteiger partial charge in [-0.05, 0) is 24.3 Å². The monoisotopic (exact) mass is 223 g/mol. The van der Waals surface area contributed by atoms with Crippen LogP contribution in [0.3, 0.4) is 0 Å². The standard InChI is InChI=1S/C12H16ClN2/c1-10-14(2)8-3-9-15(10)12-6-4-11(13)5-7-12/h4-7H,3,8-9H2,1-2H3/q+1. The number of halogens is 1. The summed E-state index contributed by atoms with van der Waals surface area (Å²) in [5.41, 5.74) is 1.23. The van der Waals surface area contributed by atoms with Crippen LogP contribution in [0.5, 0.6) is 0 Å². The number of benzene rings is 1. The summed E-state index contributed by atoms with van der Waals surface area (Å²) >= 11 is 5.88. The highest BCUT2D eigenvalue weighted by atomic mass is 35.5. The highest BCUT2D eigenvalue weighted by molar-refractivity contribution is 6.30. The molecule has 1 aromatic carbocycles. The molecule has 2 rings (SSSR count). The second-order valence-electron chi connectivity index (χ2n) is 3.95. The first-order valence-corrected chi connectivity index (χ1v) is 5.64. The Balaban J connectivity index is 2.31. The summed E-state index contributed by atoms with van der Waals surface area (Å²) in [4.78, 5) is 2.33. The quantitative estimate of drug-likeness (QED) is 0.664. The topological polar surface area (TPSA) is 6.25 Å². The molecule has 15 heavy (non-hydrogen) atoms. The predicted molar refractivity (Wildman–Crippen MR) is 65.1 cm³/mol. The molecule has 1 heterocycles. The molecule has 1 aliphatic rings. The molecule has 0 fully saturated rings. The number of nitrogens with zero attached hydrogens (tertiary/aromatic N) is 2. The molecule has 0 N–H and O–H groups in total. The van der Waals surface area contributed by atoms with Crippen LogP contribution >= 0.6 is 11.6 Å². The minimum Gasteiger partial charge on any atom is -0.268 e. The van der Waals surface area contributed by atoms with Gasteiger partial charge < -0.3 is 0 Å². The Bertz CT molecular complexity index is 381. The second-order valence-corrected chi connectivity index (χ2v) is 4.39. The fourth-order valence-corrected chi connectivity index (χ4v) is 2.06. The van der Waals surface area contributed by atoms with Crippen molar-refractivity contribution in [3.63, 3.8) is 0 Å². The lowest BCUT2D eigenvalue weighted by molar-refractivity contribution is -0.502. The first-order valence-electron chi connectivity index (χ1n) is 5.26. The molecule has 0 spiro atoms. The molecule has 0 saturated carbocycles. The van der Waals surface area contributed by atoms with Crippen LogP contribution in [0.4, 0.5) is 5.69 Å². The number of hydrogen-bond donors (Lipinski definition) is 0. The van der Waals surface area contributed by atoms with E-state index in [1.54, 1.807) is 0 Å². The van der Waals surface area contributed by atoms with Crippen LogP contribution in [-0.2, 0) is 0 Å². The molecule has 3 heteroatoms. The van der Waals surface area contributed by atoms with Gasteiger partial charge in [-0.15, -0.1) is 0 Å². The van der Waals surface area contributed by atoms with Gasteiger partial charge in [-0.3, -0.25) is 4.58 Å². The van der Waals surface area contributed by atoms with E-state index in [-0.39, 0.29) is 0 Å². The van der Waals surface area contributed by atoms with Gasteiger partial charge in [0.15, 0.2) is 0 Å². The molecule has 80 valence electrons. The van der Waals surface area contributed by atoms with Crippen LogP contribution in [0.15, 0.2) is 24.3 Å². The van der Waals surface area contributed by atoms with Crippen molar-refractivity contribution in [2.45, 2.75) is 13.3 Å². The third-order valence-electron chi connectivity index (χ3n) is 2.96. The Morgan fingerprint density at radius 3 is 2.60 bits per heavy atom. The normalized spacial score (nSPS) is 17.1. The Labute approximate surface area is 95.8 Å². The van der Waals surface area contributed by atoms with E-state index in [4.69, 9.17) is 11.6 Å². The van der Waals surface area contributed by atoms with Crippen molar-refractivity contribution in [2.24, 2.45) is 0 Å². The van der Waals surface area contributed by atoms with E-state index in [2.05, 4.69) is 35.6 Å². The van der Waals surface area contributed by atoms with Gasteiger partial charge in [-0.2, -0.15) is 0 Å². The highest BCUT2D eigenvalue weighted by Crippen LogP contribution is 2.19. The second kappa shape index (κ2) is 4.23. The van der Waals surface area contributed by atoms with Crippen molar-refractivity contribution in [3.05, 3.63) is 29.3 Å². The molecule has 0 saturated heterocycles. The van der Waals surface area contributed by atoms with Crippen LogP contribution in [0, 0.1) is 0 Å². The van der Waals surface area contributed by atoms with Gasteiger partial charge in [-0.1, -0.05) is 11.6 Å². The van der Waals surface area contributed by atoms with Gasteiger partial charge in [0.1, 0.15) is 5.69 Å². The van der Waals surface area contributed by atoms with E-state index in [1.807, 2.05) is 12.1 Å². The average Bonchev–Trinajstić information content (AvgIpc) is 2.24. The van der Waals surface area contributed by atoms with Gasteiger partial charge in [-0.25, -0.2) is 4.90 Å². The lowest BCUT2D eigenvalue weighted by atomic mass is 10.2. The molecule has 0 amide bonds. The van der Waals surface area contributed by atoms with Crippen molar-refractivity contribution in [1.29, 1.82) is 0 Å². The van der Waals surface area contributed by atoms with E-state index in [9.17, 15) is 0 Å². The van der Waals surface area contributed by atoms with E-state index in [0.717, 1.165) is 18.1 Å². The molecule has 0 bridgehead atoms. The molecule has 0 aromatic heterocycles. The third-order valence-corrected chi connectivity index (χ3v) is 3.21. The number of rotatable bonds is 1. The molecular formula is C12H16ClN2+. The summed E-state index contributed by atoms with van der Waals surface area (Å²) in [6, 6.07) is 8.04. The highest BCUT2D eigenvalue weighted by Gasteiger charge is 2.23. The Morgan fingerprint density at radius 1 is 1.27 bits per heavy atom. The van der Waals surface area contributed by atoms with Crippen molar-refractivity contribution < 1.29 is 4.58 Å². The van der Waals surface area contributed by atoms with Gasteiger partial charge in [0, 0.05) is 18.4 Å². The average molecular weight is 224 g/mol. The summed E-state index contributed by atoms with van der Waals surface area (Å²) in [6.45, 7) is 4.40. The maximum Gasteiger partial charge on any atom is 0.248 e. The largest absolute Gasteiger partial charge is 0.268 e. The first-order chi connectivity index (χ1) is 7.18. The van der Waals surface area contributed by atoms with Gasteiger partial charge in [0.25, 0.3) is 0 Å². The van der Waals surface area contributed by atoms with E-state index < -0.39 is 0 Å². The van der Waals surface area contributed by atoms with Crippen LogP contribution in [-0.4, -0.2) is 30.5 Å². The van der Waals surface area contributed by atoms with Gasteiger partial charge >= 0.3 is 0 Å². The van der Waals surface area contributed by atoms with Crippen molar-refractivity contribution in [2.75, 3.05) is 25.0 Å². The summed E-state index contributed by atoms with van der Waals surface area (Å²) in [7, 11) is 2.14. The minimum atomic E-state index is 0.793. The zero-order valence-electron chi connectivity index (χ0n) is 9.20. The molecule has 2 nitrogen and oxygen atoms in total. The SMILES string of the molecule is CC1=[N+](C)CCCN1c1ccc(Cl)cc1. The van der Waals surface area contributed by atoms with Crippen molar-refractivity contribution >= 4 is 23.1 Å². The first kappa shape index (κ1) is 10.5. The fraction of sp³-hybridized carbons (Fsp3) is 0.417. The molecular weight excluding hydrogens is 208 g/mol. The zero-order valence-corrected chi connectivity index (χ0v) is 9.96. The lowest BCUT2D eigenvalue weighted by Gasteiger charge is -2.23. The number of amidine groups is 1. The zero-order chi connectivity index (χ0) is 10.8. The molecule has 0 aliphatic carbocycles. The van der Waals surface area contributed by atoms with Crippen molar-refractivity contribution in [3.8, 4) is 0 Å². The molecule has 0 unspecified atom stereocenters. The maximum atomic E-state index is 5.88. The molecule has 0 atom stereocenters. The fourth-order valence-electron chi connectivity index (χ4n) is 1.93. The van der Waals surface area contributed by atoms with Gasteiger partial charge in [0.2, 0.25) is 5.84 Å². The predicted octanol–water partition coefficient (Wildman–Crippen LogP) is 2.61. The summed E-state index contributed by atoms with van der Waals surface area (Å²) < 4.78 is 2.29. The van der Waals surface area contributed by atoms with Crippen LogP contribution in [0.25, 0.3) is 0 Å². The summed E-state index contributed by atoms with van der Waals surface area (Å²) in [6.07, 6.45) is 1.20. The van der Waals surface area contributed by atoms with Crippen LogP contribution in [0.2, 0.25) is 5.02 Å². The third kappa shape index (κ3) is 2.15. The summed E-state index contributed by atoms with van der Waals surface area (Å²) in [5.74, 6) is 1.31. The number of hydrogen-bond acceptors (Lipinski definition) is 1. The molecule has 1 aliphatic heterocycles. The molecule has 1 aromatic rings. The summed E-state index contributed by atoms with van der Waals surface area (Å²) in [5, 5.41) is 0.793.